The van der Waals surface area contributed by atoms with Gasteiger partial charge in [-0.1, -0.05) is 33.1 Å². The molecule has 1 aliphatic rings. The molecule has 20 heavy (non-hydrogen) atoms. The Kier molecular flexibility index (Phi) is 5.35. The summed E-state index contributed by atoms with van der Waals surface area (Å²) in [6.45, 7) is 4.53. The summed E-state index contributed by atoms with van der Waals surface area (Å²) in [5.74, 6) is 0.471. The van der Waals surface area contributed by atoms with E-state index in [0.717, 1.165) is 5.69 Å². The zero-order valence-electron chi connectivity index (χ0n) is 12.7. The number of aromatic nitrogens is 2. The van der Waals surface area contributed by atoms with E-state index in [4.69, 9.17) is 5.73 Å². The molecular formula is C16H27N3O. The molecule has 2 N–H and O–H groups in total. The maximum Gasteiger partial charge on any atom is 0.143 e. The molecule has 1 aliphatic carbocycles. The molecule has 0 bridgehead atoms. The molecule has 0 radical (unpaired) electrons. The highest BCUT2D eigenvalue weighted by Crippen LogP contribution is 2.27. The predicted molar refractivity (Wildman–Crippen MR) is 80.4 cm³/mol. The van der Waals surface area contributed by atoms with Gasteiger partial charge in [0.15, 0.2) is 0 Å². The van der Waals surface area contributed by atoms with E-state index in [1.54, 1.807) is 0 Å². The lowest BCUT2D eigenvalue weighted by atomic mass is 9.89. The number of Topliss-reactive ketones (excluding diaryl/α,β-unsaturated/α-hetero) is 1. The quantitative estimate of drug-likeness (QED) is 0.869. The summed E-state index contributed by atoms with van der Waals surface area (Å²) in [4.78, 5) is 12.2. The van der Waals surface area contributed by atoms with Crippen LogP contribution in [0, 0.1) is 11.8 Å². The molecule has 0 saturated heterocycles. The minimum atomic E-state index is -0.0465. The molecule has 4 heteroatoms. The van der Waals surface area contributed by atoms with Gasteiger partial charge in [0.25, 0.3) is 0 Å². The van der Waals surface area contributed by atoms with Crippen molar-refractivity contribution in [3.8, 4) is 0 Å². The van der Waals surface area contributed by atoms with Gasteiger partial charge >= 0.3 is 0 Å². The van der Waals surface area contributed by atoms with Gasteiger partial charge in [0.1, 0.15) is 5.78 Å². The summed E-state index contributed by atoms with van der Waals surface area (Å²) < 4.78 is 2.06. The molecule has 112 valence electrons. The van der Waals surface area contributed by atoms with Gasteiger partial charge in [-0.15, -0.1) is 0 Å². The van der Waals surface area contributed by atoms with Crippen molar-refractivity contribution in [1.82, 2.24) is 9.78 Å². The fourth-order valence-corrected chi connectivity index (χ4v) is 3.11. The maximum absolute atomic E-state index is 12.2. The zero-order valence-corrected chi connectivity index (χ0v) is 12.7. The van der Waals surface area contributed by atoms with Gasteiger partial charge in [-0.05, 0) is 24.8 Å². The monoisotopic (exact) mass is 277 g/mol. The minimum Gasteiger partial charge on any atom is -0.330 e. The van der Waals surface area contributed by atoms with Gasteiger partial charge in [0, 0.05) is 18.7 Å². The van der Waals surface area contributed by atoms with Crippen molar-refractivity contribution in [2.24, 2.45) is 17.6 Å². The number of hydrogen-bond donors (Lipinski definition) is 1. The lowest BCUT2D eigenvalue weighted by molar-refractivity contribution is -0.123. The number of hydrogen-bond acceptors (Lipinski definition) is 3. The fourth-order valence-electron chi connectivity index (χ4n) is 3.11. The SMILES string of the molecule is CC(C)C(CN)C(=O)Cc1ccn(C2CCCCC2)n1. The third kappa shape index (κ3) is 3.69. The molecule has 2 rings (SSSR count). The number of carbonyl (C=O) groups excluding carboxylic acids is 1. The summed E-state index contributed by atoms with van der Waals surface area (Å²) in [6, 6.07) is 2.52. The minimum absolute atomic E-state index is 0.0465. The Morgan fingerprint density at radius 2 is 2.10 bits per heavy atom. The smallest absolute Gasteiger partial charge is 0.143 e. The van der Waals surface area contributed by atoms with Gasteiger partial charge in [0.05, 0.1) is 18.2 Å². The number of ketones is 1. The molecule has 0 amide bonds. The Hall–Kier alpha value is -1.16. The van der Waals surface area contributed by atoms with Crippen LogP contribution in [-0.2, 0) is 11.2 Å². The fraction of sp³-hybridized carbons (Fsp3) is 0.750. The first-order valence-electron chi connectivity index (χ1n) is 7.88. The first-order valence-corrected chi connectivity index (χ1v) is 7.88. The van der Waals surface area contributed by atoms with Crippen LogP contribution in [-0.4, -0.2) is 22.1 Å². The third-order valence-electron chi connectivity index (χ3n) is 4.44. The highest BCUT2D eigenvalue weighted by atomic mass is 16.1. The lowest BCUT2D eigenvalue weighted by Crippen LogP contribution is -2.29. The van der Waals surface area contributed by atoms with Crippen molar-refractivity contribution >= 4 is 5.78 Å². The van der Waals surface area contributed by atoms with Crippen LogP contribution in [0.3, 0.4) is 0 Å². The van der Waals surface area contributed by atoms with Gasteiger partial charge < -0.3 is 5.73 Å². The molecule has 0 spiro atoms. The van der Waals surface area contributed by atoms with Crippen LogP contribution in [0.15, 0.2) is 12.3 Å². The van der Waals surface area contributed by atoms with Crippen molar-refractivity contribution < 1.29 is 4.79 Å². The molecule has 1 saturated carbocycles. The first-order chi connectivity index (χ1) is 9.61. The van der Waals surface area contributed by atoms with Crippen LogP contribution in [0.2, 0.25) is 0 Å². The Bertz CT molecular complexity index is 433. The van der Waals surface area contributed by atoms with Crippen molar-refractivity contribution in [1.29, 1.82) is 0 Å². The first kappa shape index (κ1) is 15.2. The highest BCUT2D eigenvalue weighted by Gasteiger charge is 2.22. The molecular weight excluding hydrogens is 250 g/mol. The standard InChI is InChI=1S/C16H27N3O/c1-12(2)15(11-17)16(20)10-13-8-9-19(18-13)14-6-4-3-5-7-14/h8-9,12,14-15H,3-7,10-11,17H2,1-2H3. The molecule has 1 unspecified atom stereocenters. The van der Waals surface area contributed by atoms with E-state index >= 15 is 0 Å². The lowest BCUT2D eigenvalue weighted by Gasteiger charge is -2.21. The van der Waals surface area contributed by atoms with E-state index in [-0.39, 0.29) is 11.7 Å². The van der Waals surface area contributed by atoms with Crippen LogP contribution in [0.1, 0.15) is 57.7 Å². The van der Waals surface area contributed by atoms with Crippen molar-refractivity contribution in [3.05, 3.63) is 18.0 Å². The zero-order chi connectivity index (χ0) is 14.5. The summed E-state index contributed by atoms with van der Waals surface area (Å²) in [5.41, 5.74) is 6.59. The van der Waals surface area contributed by atoms with Gasteiger partial charge in [-0.3, -0.25) is 9.48 Å². The van der Waals surface area contributed by atoms with Crippen LogP contribution < -0.4 is 5.73 Å². The Labute approximate surface area is 121 Å². The second-order valence-corrected chi connectivity index (χ2v) is 6.31. The third-order valence-corrected chi connectivity index (χ3v) is 4.44. The van der Waals surface area contributed by atoms with Gasteiger partial charge in [-0.2, -0.15) is 5.10 Å². The van der Waals surface area contributed by atoms with E-state index in [1.165, 1.54) is 32.1 Å². The molecule has 1 atom stereocenters. The van der Waals surface area contributed by atoms with Crippen molar-refractivity contribution in [3.63, 3.8) is 0 Å². The predicted octanol–water partition coefficient (Wildman–Crippen LogP) is 2.73. The molecule has 1 aromatic rings. The average molecular weight is 277 g/mol. The van der Waals surface area contributed by atoms with Crippen LogP contribution >= 0.6 is 0 Å². The van der Waals surface area contributed by atoms with Crippen LogP contribution in [0.25, 0.3) is 0 Å². The van der Waals surface area contributed by atoms with E-state index in [0.29, 0.717) is 24.9 Å². The van der Waals surface area contributed by atoms with Gasteiger partial charge in [-0.25, -0.2) is 0 Å². The Morgan fingerprint density at radius 1 is 1.40 bits per heavy atom. The van der Waals surface area contributed by atoms with E-state index in [2.05, 4.69) is 23.6 Å². The largest absolute Gasteiger partial charge is 0.330 e. The van der Waals surface area contributed by atoms with Gasteiger partial charge in [0.2, 0.25) is 0 Å². The average Bonchev–Trinajstić information content (AvgIpc) is 2.88. The maximum atomic E-state index is 12.2. The van der Waals surface area contributed by atoms with E-state index < -0.39 is 0 Å². The normalized spacial score (nSPS) is 18.4. The topological polar surface area (TPSA) is 60.9 Å². The Balaban J connectivity index is 1.96. The molecule has 1 aromatic heterocycles. The number of nitrogens with two attached hydrogens (primary N) is 1. The molecule has 0 aliphatic heterocycles. The van der Waals surface area contributed by atoms with Crippen molar-refractivity contribution in [2.75, 3.05) is 6.54 Å². The van der Waals surface area contributed by atoms with E-state index in [9.17, 15) is 4.79 Å². The van der Waals surface area contributed by atoms with Crippen LogP contribution in [0.5, 0.6) is 0 Å². The number of rotatable bonds is 6. The molecule has 1 fully saturated rings. The molecule has 0 aromatic carbocycles. The second-order valence-electron chi connectivity index (χ2n) is 6.31. The Morgan fingerprint density at radius 3 is 2.70 bits per heavy atom. The molecule has 4 nitrogen and oxygen atoms in total. The summed E-state index contributed by atoms with van der Waals surface area (Å²) in [5, 5.41) is 4.60. The van der Waals surface area contributed by atoms with Crippen molar-refractivity contribution in [2.45, 2.75) is 58.4 Å². The number of nitrogens with zero attached hydrogens (tertiary/aromatic N) is 2. The number of carbonyl (C=O) groups is 1. The summed E-state index contributed by atoms with van der Waals surface area (Å²) in [7, 11) is 0. The molecule has 1 heterocycles. The second kappa shape index (κ2) is 7.02. The van der Waals surface area contributed by atoms with Crippen LogP contribution in [0.4, 0.5) is 0 Å². The summed E-state index contributed by atoms with van der Waals surface area (Å²) >= 11 is 0. The van der Waals surface area contributed by atoms with E-state index in [1.807, 2.05) is 12.3 Å². The summed E-state index contributed by atoms with van der Waals surface area (Å²) in [6.07, 6.45) is 8.81. The highest BCUT2D eigenvalue weighted by molar-refractivity contribution is 5.83.